The smallest absolute Gasteiger partial charge is 0.411 e. The lowest BCUT2D eigenvalue weighted by Gasteiger charge is -2.10. The molecule has 37 heavy (non-hydrogen) atoms. The number of pyridine rings is 1. The molecule has 0 spiro atoms. The largest absolute Gasteiger partial charge is 0.459 e. The predicted octanol–water partition coefficient (Wildman–Crippen LogP) is 6.75. The molecule has 2 amide bonds. The Hall–Kier alpha value is -4.63. The van der Waals surface area contributed by atoms with Gasteiger partial charge >= 0.3 is 6.09 Å². The Morgan fingerprint density at radius 3 is 2.51 bits per heavy atom. The Balaban J connectivity index is 1.37. The number of anilines is 2. The number of fused-ring (bicyclic) bond motifs is 1. The number of ether oxygens (including phenoxy) is 1. The van der Waals surface area contributed by atoms with E-state index in [-0.39, 0.29) is 17.8 Å². The van der Waals surface area contributed by atoms with Crippen LogP contribution in [0.5, 0.6) is 0 Å². The fourth-order valence-corrected chi connectivity index (χ4v) is 3.88. The summed E-state index contributed by atoms with van der Waals surface area (Å²) in [6.07, 6.45) is 2.46. The number of amides is 2. The number of imidazole rings is 1. The van der Waals surface area contributed by atoms with Crippen LogP contribution in [0.2, 0.25) is 5.02 Å². The minimum absolute atomic E-state index is 0.200. The number of nitrogens with one attached hydrogen (secondary N) is 3. The van der Waals surface area contributed by atoms with Crippen LogP contribution in [0, 0.1) is 0 Å². The molecule has 0 bridgehead atoms. The molecule has 0 saturated carbocycles. The number of aromatic amines is 1. The number of benzene rings is 2. The van der Waals surface area contributed by atoms with Crippen molar-refractivity contribution in [3.63, 3.8) is 0 Å². The summed E-state index contributed by atoms with van der Waals surface area (Å²) in [5.74, 6) is 0.352. The molecule has 0 aliphatic heterocycles. The van der Waals surface area contributed by atoms with Gasteiger partial charge in [0.15, 0.2) is 11.4 Å². The highest BCUT2D eigenvalue weighted by molar-refractivity contribution is 6.33. The number of hydrogen-bond acceptors (Lipinski definition) is 6. The van der Waals surface area contributed by atoms with E-state index in [9.17, 15) is 9.59 Å². The van der Waals surface area contributed by atoms with Crippen molar-refractivity contribution in [2.75, 3.05) is 10.6 Å². The van der Waals surface area contributed by atoms with Gasteiger partial charge in [-0.25, -0.2) is 14.8 Å². The predicted molar refractivity (Wildman–Crippen MR) is 142 cm³/mol. The van der Waals surface area contributed by atoms with E-state index in [4.69, 9.17) is 20.8 Å². The van der Waals surface area contributed by atoms with Gasteiger partial charge in [0.1, 0.15) is 5.82 Å². The van der Waals surface area contributed by atoms with Crippen LogP contribution in [-0.4, -0.2) is 33.1 Å². The SMILES string of the molecule is CC(C)OC(=O)Nc1ccc(-c2cnc3nc(-c4cc(NC(=O)c5ccco5)ccc4Cl)[nH]c3c2)cc1. The first-order valence-corrected chi connectivity index (χ1v) is 11.8. The van der Waals surface area contributed by atoms with Gasteiger partial charge in [0, 0.05) is 28.7 Å². The monoisotopic (exact) mass is 515 g/mol. The van der Waals surface area contributed by atoms with Gasteiger partial charge in [-0.05, 0) is 67.9 Å². The molecule has 3 aromatic heterocycles. The zero-order valence-corrected chi connectivity index (χ0v) is 20.7. The zero-order chi connectivity index (χ0) is 25.9. The minimum Gasteiger partial charge on any atom is -0.459 e. The van der Waals surface area contributed by atoms with Crippen LogP contribution in [0.25, 0.3) is 33.7 Å². The molecule has 0 saturated heterocycles. The summed E-state index contributed by atoms with van der Waals surface area (Å²) in [7, 11) is 0. The van der Waals surface area contributed by atoms with Crippen molar-refractivity contribution in [1.29, 1.82) is 0 Å². The standard InChI is InChI=1S/C27H22ClN5O4/c1-15(2)37-27(35)31-18-7-5-16(6-8-18)17-12-22-25(29-14-17)33-24(32-22)20-13-19(9-10-21(20)28)30-26(34)23-4-3-11-36-23/h3-15H,1-2H3,(H,30,34)(H,31,35)(H,29,32,33). The van der Waals surface area contributed by atoms with Gasteiger partial charge in [0.25, 0.3) is 5.91 Å². The third-order valence-corrected chi connectivity index (χ3v) is 5.70. The maximum atomic E-state index is 12.3. The van der Waals surface area contributed by atoms with Crippen molar-refractivity contribution in [2.45, 2.75) is 20.0 Å². The first-order chi connectivity index (χ1) is 17.9. The summed E-state index contributed by atoms with van der Waals surface area (Å²) in [6, 6.07) is 17.6. The molecule has 0 radical (unpaired) electrons. The van der Waals surface area contributed by atoms with Crippen LogP contribution in [0.3, 0.4) is 0 Å². The second kappa shape index (κ2) is 10.2. The second-order valence-corrected chi connectivity index (χ2v) is 8.87. The van der Waals surface area contributed by atoms with Gasteiger partial charge < -0.3 is 19.5 Å². The van der Waals surface area contributed by atoms with Gasteiger partial charge in [-0.2, -0.15) is 0 Å². The lowest BCUT2D eigenvalue weighted by molar-refractivity contribution is 0.0996. The van der Waals surface area contributed by atoms with Crippen LogP contribution in [0.15, 0.2) is 77.5 Å². The van der Waals surface area contributed by atoms with E-state index < -0.39 is 6.09 Å². The van der Waals surface area contributed by atoms with Gasteiger partial charge in [-0.15, -0.1) is 0 Å². The van der Waals surface area contributed by atoms with E-state index in [2.05, 4.69) is 25.6 Å². The van der Waals surface area contributed by atoms with Crippen molar-refractivity contribution in [3.05, 3.63) is 83.9 Å². The average molecular weight is 516 g/mol. The molecule has 9 nitrogen and oxygen atoms in total. The summed E-state index contributed by atoms with van der Waals surface area (Å²) >= 11 is 6.45. The number of nitrogens with zero attached hydrogens (tertiary/aromatic N) is 2. The highest BCUT2D eigenvalue weighted by atomic mass is 35.5. The molecular formula is C27H22ClN5O4. The molecule has 186 valence electrons. The molecule has 10 heteroatoms. The summed E-state index contributed by atoms with van der Waals surface area (Å²) < 4.78 is 10.2. The van der Waals surface area contributed by atoms with Gasteiger partial charge in [0.2, 0.25) is 0 Å². The van der Waals surface area contributed by atoms with Gasteiger partial charge in [-0.3, -0.25) is 10.1 Å². The molecule has 3 heterocycles. The summed E-state index contributed by atoms with van der Waals surface area (Å²) in [6.45, 7) is 3.58. The Kier molecular flexibility index (Phi) is 6.61. The fraction of sp³-hybridized carbons (Fsp3) is 0.111. The van der Waals surface area contributed by atoms with Gasteiger partial charge in [0.05, 0.1) is 22.9 Å². The number of carbonyl (C=O) groups excluding carboxylic acids is 2. The third-order valence-electron chi connectivity index (χ3n) is 5.37. The van der Waals surface area contributed by atoms with E-state index in [1.165, 1.54) is 6.26 Å². The van der Waals surface area contributed by atoms with Crippen LogP contribution < -0.4 is 10.6 Å². The average Bonchev–Trinajstić information content (AvgIpc) is 3.55. The summed E-state index contributed by atoms with van der Waals surface area (Å²) in [5, 5.41) is 5.95. The van der Waals surface area contributed by atoms with Crippen LogP contribution in [0.4, 0.5) is 16.2 Å². The number of carbonyl (C=O) groups is 2. The molecule has 0 atom stereocenters. The fourth-order valence-electron chi connectivity index (χ4n) is 3.68. The van der Waals surface area contributed by atoms with E-state index in [1.807, 2.05) is 18.2 Å². The molecule has 0 unspecified atom stereocenters. The number of halogens is 1. The molecule has 5 rings (SSSR count). The highest BCUT2D eigenvalue weighted by Crippen LogP contribution is 2.31. The number of hydrogen-bond donors (Lipinski definition) is 3. The maximum absolute atomic E-state index is 12.3. The number of H-pyrrole nitrogens is 1. The Morgan fingerprint density at radius 1 is 1.00 bits per heavy atom. The lowest BCUT2D eigenvalue weighted by Crippen LogP contribution is -2.17. The third kappa shape index (κ3) is 5.46. The Bertz CT molecular complexity index is 1580. The summed E-state index contributed by atoms with van der Waals surface area (Å²) in [4.78, 5) is 36.5. The first kappa shape index (κ1) is 24.1. The summed E-state index contributed by atoms with van der Waals surface area (Å²) in [5.41, 5.74) is 4.80. The molecule has 3 N–H and O–H groups in total. The molecule has 2 aromatic carbocycles. The minimum atomic E-state index is -0.501. The number of aromatic nitrogens is 3. The van der Waals surface area contributed by atoms with Crippen molar-refractivity contribution in [1.82, 2.24) is 15.0 Å². The van der Waals surface area contributed by atoms with Crippen LogP contribution in [-0.2, 0) is 4.74 Å². The normalized spacial score (nSPS) is 11.0. The quantitative estimate of drug-likeness (QED) is 0.230. The van der Waals surface area contributed by atoms with E-state index in [1.54, 1.807) is 62.5 Å². The Labute approximate surface area is 216 Å². The van der Waals surface area contributed by atoms with E-state index in [0.717, 1.165) is 16.6 Å². The van der Waals surface area contributed by atoms with Crippen molar-refractivity contribution in [3.8, 4) is 22.5 Å². The topological polar surface area (TPSA) is 122 Å². The van der Waals surface area contributed by atoms with E-state index in [0.29, 0.717) is 33.4 Å². The number of furan rings is 1. The van der Waals surface area contributed by atoms with Crippen LogP contribution >= 0.6 is 11.6 Å². The second-order valence-electron chi connectivity index (χ2n) is 8.46. The highest BCUT2D eigenvalue weighted by Gasteiger charge is 2.14. The van der Waals surface area contributed by atoms with Crippen molar-refractivity contribution < 1.29 is 18.7 Å². The van der Waals surface area contributed by atoms with Gasteiger partial charge in [-0.1, -0.05) is 23.7 Å². The molecule has 0 aliphatic rings. The number of rotatable bonds is 6. The maximum Gasteiger partial charge on any atom is 0.411 e. The lowest BCUT2D eigenvalue weighted by atomic mass is 10.1. The van der Waals surface area contributed by atoms with Crippen molar-refractivity contribution >= 4 is 46.1 Å². The van der Waals surface area contributed by atoms with E-state index >= 15 is 0 Å². The molecule has 0 aliphatic carbocycles. The first-order valence-electron chi connectivity index (χ1n) is 11.4. The zero-order valence-electron chi connectivity index (χ0n) is 19.9. The molecular weight excluding hydrogens is 494 g/mol. The molecule has 5 aromatic rings. The molecule has 0 fully saturated rings. The van der Waals surface area contributed by atoms with Crippen LogP contribution in [0.1, 0.15) is 24.4 Å². The Morgan fingerprint density at radius 2 is 1.78 bits per heavy atom. The van der Waals surface area contributed by atoms with Crippen molar-refractivity contribution in [2.24, 2.45) is 0 Å².